The van der Waals surface area contributed by atoms with Gasteiger partial charge in [0, 0.05) is 17.2 Å². The average molecular weight is 204 g/mol. The van der Waals surface area contributed by atoms with Crippen molar-refractivity contribution in [3.05, 3.63) is 67.6 Å². The van der Waals surface area contributed by atoms with E-state index in [1.807, 2.05) is 36.4 Å². The van der Waals surface area contributed by atoms with E-state index in [9.17, 15) is 0 Å². The molecule has 1 heterocycles. The summed E-state index contributed by atoms with van der Waals surface area (Å²) in [6, 6.07) is 16.3. The minimum absolute atomic E-state index is 0.842. The molecular weight excluding hydrogens is 194 g/mol. The summed E-state index contributed by atoms with van der Waals surface area (Å²) in [4.78, 5) is 4.54. The van der Waals surface area contributed by atoms with Gasteiger partial charge in [0.1, 0.15) is 0 Å². The van der Waals surface area contributed by atoms with E-state index in [1.165, 1.54) is 10.8 Å². The fourth-order valence-corrected chi connectivity index (χ4v) is 2.06. The van der Waals surface area contributed by atoms with Crippen LogP contribution in [0.1, 0.15) is 5.69 Å². The summed E-state index contributed by atoms with van der Waals surface area (Å²) in [5.41, 5.74) is 1.83. The molecule has 0 amide bonds. The van der Waals surface area contributed by atoms with Crippen molar-refractivity contribution in [1.29, 1.82) is 0 Å². The lowest BCUT2D eigenvalue weighted by atomic mass is 10.0. The van der Waals surface area contributed by atoms with Gasteiger partial charge in [-0.15, -0.1) is 0 Å². The predicted octanol–water partition coefficient (Wildman–Crippen LogP) is 3.65. The molecule has 2 aromatic carbocycles. The highest BCUT2D eigenvalue weighted by atomic mass is 14.7. The summed E-state index contributed by atoms with van der Waals surface area (Å²) in [5, 5.41) is 3.47. The molecule has 1 nitrogen and oxygen atoms in total. The smallest absolute Gasteiger partial charge is 0.0711 e. The van der Waals surface area contributed by atoms with E-state index in [0.717, 1.165) is 16.6 Å². The number of pyridine rings is 1. The minimum atomic E-state index is 0.842. The number of hydrogen-bond acceptors (Lipinski definition) is 1. The molecular formula is C15H10N. The van der Waals surface area contributed by atoms with Crippen molar-refractivity contribution in [2.24, 2.45) is 0 Å². The van der Waals surface area contributed by atoms with E-state index >= 15 is 0 Å². The second-order valence-electron chi connectivity index (χ2n) is 3.73. The first-order valence-corrected chi connectivity index (χ1v) is 5.22. The number of aromatic nitrogens is 1. The van der Waals surface area contributed by atoms with E-state index in [2.05, 4.69) is 17.1 Å². The molecule has 0 bridgehead atoms. The third kappa shape index (κ3) is 1.28. The molecule has 0 aliphatic carbocycles. The quantitative estimate of drug-likeness (QED) is 0.551. The molecule has 0 aliphatic heterocycles. The monoisotopic (exact) mass is 204 g/mol. The number of benzene rings is 2. The lowest BCUT2D eigenvalue weighted by molar-refractivity contribution is 1.33. The molecule has 3 aromatic rings. The summed E-state index contributed by atoms with van der Waals surface area (Å²) in [6.07, 6.45) is 1.56. The molecule has 3 rings (SSSR count). The van der Waals surface area contributed by atoms with Gasteiger partial charge in [0.2, 0.25) is 0 Å². The van der Waals surface area contributed by atoms with Crippen LogP contribution < -0.4 is 0 Å². The molecule has 0 unspecified atom stereocenters. The SMILES string of the molecule is [CH][CH]c1nc2ccccc2c2ccccc12. The Balaban J connectivity index is 2.57. The topological polar surface area (TPSA) is 12.9 Å². The van der Waals surface area contributed by atoms with Crippen LogP contribution >= 0.6 is 0 Å². The second-order valence-corrected chi connectivity index (χ2v) is 3.73. The van der Waals surface area contributed by atoms with E-state index in [4.69, 9.17) is 6.92 Å². The maximum Gasteiger partial charge on any atom is 0.0711 e. The first-order chi connectivity index (χ1) is 7.90. The summed E-state index contributed by atoms with van der Waals surface area (Å²) in [7, 11) is 0. The van der Waals surface area contributed by atoms with E-state index in [-0.39, 0.29) is 0 Å². The van der Waals surface area contributed by atoms with Crippen LogP contribution in [0.15, 0.2) is 48.5 Å². The van der Waals surface area contributed by atoms with Crippen molar-refractivity contribution in [2.45, 2.75) is 0 Å². The van der Waals surface area contributed by atoms with Gasteiger partial charge >= 0.3 is 0 Å². The molecule has 1 heteroatoms. The molecule has 0 spiro atoms. The molecule has 75 valence electrons. The van der Waals surface area contributed by atoms with Gasteiger partial charge in [0.05, 0.1) is 11.2 Å². The number of hydrogen-bond donors (Lipinski definition) is 0. The first-order valence-electron chi connectivity index (χ1n) is 5.22. The Labute approximate surface area is 94.7 Å². The van der Waals surface area contributed by atoms with Crippen molar-refractivity contribution >= 4 is 21.7 Å². The Morgan fingerprint density at radius 3 is 2.19 bits per heavy atom. The predicted molar refractivity (Wildman–Crippen MR) is 67.0 cm³/mol. The number of rotatable bonds is 1. The Hall–Kier alpha value is -1.89. The van der Waals surface area contributed by atoms with Crippen LogP contribution in [0.3, 0.4) is 0 Å². The fourth-order valence-electron chi connectivity index (χ4n) is 2.06. The van der Waals surface area contributed by atoms with Gasteiger partial charge < -0.3 is 0 Å². The molecule has 0 saturated heterocycles. The van der Waals surface area contributed by atoms with Gasteiger partial charge in [0.15, 0.2) is 0 Å². The Kier molecular flexibility index (Phi) is 2.10. The van der Waals surface area contributed by atoms with Crippen LogP contribution in [0.25, 0.3) is 21.7 Å². The highest BCUT2D eigenvalue weighted by Gasteiger charge is 2.05. The van der Waals surface area contributed by atoms with E-state index in [1.54, 1.807) is 6.42 Å². The second kappa shape index (κ2) is 3.60. The van der Waals surface area contributed by atoms with E-state index < -0.39 is 0 Å². The normalized spacial score (nSPS) is 11.1. The summed E-state index contributed by atoms with van der Waals surface area (Å²) < 4.78 is 0. The van der Waals surface area contributed by atoms with E-state index in [0.29, 0.717) is 0 Å². The number of nitrogens with zero attached hydrogens (tertiary/aromatic N) is 1. The number of fused-ring (bicyclic) bond motifs is 3. The molecule has 1 aromatic heterocycles. The zero-order valence-electron chi connectivity index (χ0n) is 8.72. The van der Waals surface area contributed by atoms with Gasteiger partial charge in [0.25, 0.3) is 0 Å². The Morgan fingerprint density at radius 1 is 0.812 bits per heavy atom. The van der Waals surface area contributed by atoms with Gasteiger partial charge in [-0.25, -0.2) is 0 Å². The fraction of sp³-hybridized carbons (Fsp3) is 0. The highest BCUT2D eigenvalue weighted by Crippen LogP contribution is 2.26. The molecule has 0 aliphatic rings. The molecule has 0 N–H and O–H groups in total. The van der Waals surface area contributed by atoms with Crippen LogP contribution in [0.5, 0.6) is 0 Å². The van der Waals surface area contributed by atoms with Crippen LogP contribution in [-0.4, -0.2) is 4.98 Å². The summed E-state index contributed by atoms with van der Waals surface area (Å²) >= 11 is 0. The molecule has 3 radical (unpaired) electrons. The molecule has 0 saturated carbocycles. The first kappa shape index (κ1) is 9.34. The van der Waals surface area contributed by atoms with Crippen LogP contribution in [-0.2, 0) is 0 Å². The van der Waals surface area contributed by atoms with Crippen molar-refractivity contribution in [2.75, 3.05) is 0 Å². The van der Waals surface area contributed by atoms with Gasteiger partial charge in [-0.2, -0.15) is 0 Å². The average Bonchev–Trinajstić information content (AvgIpc) is 2.38. The van der Waals surface area contributed by atoms with Crippen LogP contribution in [0, 0.1) is 13.3 Å². The third-order valence-corrected chi connectivity index (χ3v) is 2.80. The summed E-state index contributed by atoms with van der Waals surface area (Å²) in [5.74, 6) is 0. The van der Waals surface area contributed by atoms with Gasteiger partial charge in [-0.05, 0) is 18.4 Å². The van der Waals surface area contributed by atoms with Crippen molar-refractivity contribution < 1.29 is 0 Å². The highest BCUT2D eigenvalue weighted by molar-refractivity contribution is 6.06. The Bertz CT molecular complexity index is 656. The van der Waals surface area contributed by atoms with Crippen LogP contribution in [0.4, 0.5) is 0 Å². The standard InChI is InChI=1S/C15H10N/c1-2-14-12-8-4-3-7-11(12)13-9-5-6-10-15(13)16-14/h1-10H. The molecule has 0 atom stereocenters. The molecule has 0 fully saturated rings. The van der Waals surface area contributed by atoms with Crippen molar-refractivity contribution in [3.63, 3.8) is 0 Å². The Morgan fingerprint density at radius 2 is 1.44 bits per heavy atom. The lowest BCUT2D eigenvalue weighted by Crippen LogP contribution is -1.90. The minimum Gasteiger partial charge on any atom is -0.252 e. The maximum absolute atomic E-state index is 5.62. The zero-order chi connectivity index (χ0) is 11.0. The molecule has 16 heavy (non-hydrogen) atoms. The van der Waals surface area contributed by atoms with Crippen molar-refractivity contribution in [3.8, 4) is 0 Å². The van der Waals surface area contributed by atoms with Gasteiger partial charge in [-0.3, -0.25) is 4.98 Å². The largest absolute Gasteiger partial charge is 0.252 e. The van der Waals surface area contributed by atoms with Crippen molar-refractivity contribution in [1.82, 2.24) is 4.98 Å². The van der Waals surface area contributed by atoms with Crippen LogP contribution in [0.2, 0.25) is 0 Å². The lowest BCUT2D eigenvalue weighted by Gasteiger charge is -2.07. The third-order valence-electron chi connectivity index (χ3n) is 2.80. The maximum atomic E-state index is 5.62. The van der Waals surface area contributed by atoms with Gasteiger partial charge in [-0.1, -0.05) is 42.5 Å². The zero-order valence-corrected chi connectivity index (χ0v) is 8.72. The summed E-state index contributed by atoms with van der Waals surface area (Å²) in [6.45, 7) is 5.62. The number of para-hydroxylation sites is 1.